The van der Waals surface area contributed by atoms with Crippen molar-refractivity contribution in [1.82, 2.24) is 5.32 Å². The van der Waals surface area contributed by atoms with Crippen molar-refractivity contribution >= 4 is 16.1 Å². The molecule has 3 fully saturated rings. The molecule has 10 heteroatoms. The Morgan fingerprint density at radius 2 is 2.00 bits per heavy atom. The largest absolute Gasteiger partial charge is 0.465 e. The minimum absolute atomic E-state index is 0.0711. The number of esters is 1. The highest BCUT2D eigenvalue weighted by molar-refractivity contribution is 7.87. The summed E-state index contributed by atoms with van der Waals surface area (Å²) in [6, 6.07) is 0. The second-order valence-electron chi connectivity index (χ2n) is 6.81. The van der Waals surface area contributed by atoms with Gasteiger partial charge in [0.2, 0.25) is 0 Å². The zero-order valence-corrected chi connectivity index (χ0v) is 13.1. The lowest BCUT2D eigenvalue weighted by Gasteiger charge is -2.34. The summed E-state index contributed by atoms with van der Waals surface area (Å²) in [5.41, 5.74) is -0.146. The zero-order valence-electron chi connectivity index (χ0n) is 12.2. The fourth-order valence-corrected chi connectivity index (χ4v) is 4.76. The highest BCUT2D eigenvalue weighted by Gasteiger charge is 2.59. The molecule has 2 aliphatic carbocycles. The first-order chi connectivity index (χ1) is 10.6. The van der Waals surface area contributed by atoms with Crippen LogP contribution in [0.3, 0.4) is 0 Å². The van der Waals surface area contributed by atoms with Crippen molar-refractivity contribution in [2.24, 2.45) is 17.8 Å². The highest BCUT2D eigenvalue weighted by atomic mass is 32.2. The van der Waals surface area contributed by atoms with Gasteiger partial charge < -0.3 is 15.2 Å². The molecule has 23 heavy (non-hydrogen) atoms. The Kier molecular flexibility index (Phi) is 3.94. The number of aliphatic hydroxyl groups excluding tert-OH is 1. The molecular formula is C13H19F2NO6S. The molecule has 0 radical (unpaired) electrons. The van der Waals surface area contributed by atoms with Crippen LogP contribution in [0.5, 0.6) is 0 Å². The minimum Gasteiger partial charge on any atom is -0.460 e. The van der Waals surface area contributed by atoms with Gasteiger partial charge in [-0.1, -0.05) is 0 Å². The van der Waals surface area contributed by atoms with Crippen LogP contribution in [-0.4, -0.2) is 54.1 Å². The summed E-state index contributed by atoms with van der Waals surface area (Å²) in [7, 11) is -5.84. The Hall–Kier alpha value is -0.840. The van der Waals surface area contributed by atoms with E-state index in [1.807, 2.05) is 0 Å². The Balaban J connectivity index is 1.57. The van der Waals surface area contributed by atoms with Gasteiger partial charge in [-0.05, 0) is 43.4 Å². The van der Waals surface area contributed by atoms with E-state index in [0.29, 0.717) is 6.42 Å². The first-order valence-corrected chi connectivity index (χ1v) is 8.96. The summed E-state index contributed by atoms with van der Waals surface area (Å²) in [5.74, 6) is -1.84. The molecule has 3 aliphatic rings. The molecule has 2 saturated carbocycles. The van der Waals surface area contributed by atoms with Crippen molar-refractivity contribution < 1.29 is 36.4 Å². The van der Waals surface area contributed by atoms with Gasteiger partial charge >= 0.3 is 21.3 Å². The molecule has 1 saturated heterocycles. The van der Waals surface area contributed by atoms with Gasteiger partial charge in [-0.25, -0.2) is 4.79 Å². The molecule has 132 valence electrons. The lowest BCUT2D eigenvalue weighted by atomic mass is 9.76. The van der Waals surface area contributed by atoms with Gasteiger partial charge in [-0.2, -0.15) is 17.2 Å². The third kappa shape index (κ3) is 2.65. The number of carbonyl (C=O) groups excluding carboxylic acids is 1. The smallest absolute Gasteiger partial charge is 0.460 e. The number of fused-ring (bicyclic) bond motifs is 2. The van der Waals surface area contributed by atoms with Gasteiger partial charge in [0.25, 0.3) is 0 Å². The molecule has 7 nitrogen and oxygen atoms in total. The molecule has 1 heterocycles. The van der Waals surface area contributed by atoms with Gasteiger partial charge in [0.1, 0.15) is 0 Å². The lowest BCUT2D eigenvalue weighted by molar-refractivity contribution is -0.161. The molecule has 3 bridgehead atoms. The Bertz CT molecular complexity index is 608. The number of nitrogens with one attached hydrogen (secondary N) is 1. The van der Waals surface area contributed by atoms with E-state index in [-0.39, 0.29) is 36.0 Å². The van der Waals surface area contributed by atoms with Gasteiger partial charge in [-0.3, -0.25) is 4.55 Å². The van der Waals surface area contributed by atoms with E-state index in [4.69, 9.17) is 4.55 Å². The quantitative estimate of drug-likeness (QED) is 0.475. The highest BCUT2D eigenvalue weighted by Crippen LogP contribution is 2.55. The normalized spacial score (nSPS) is 39.5. The number of rotatable bonds is 5. The van der Waals surface area contributed by atoms with Gasteiger partial charge in [0, 0.05) is 12.1 Å². The van der Waals surface area contributed by atoms with Crippen molar-refractivity contribution in [2.75, 3.05) is 13.2 Å². The average molecular weight is 355 g/mol. The van der Waals surface area contributed by atoms with Crippen molar-refractivity contribution in [3.8, 4) is 0 Å². The standard InChI is InChI=1S/C13H19F2NO6S/c14-13(15,23(19,20)21)11(18)22-2-1-9-3-7-4-12(9)5-8(6-16-12)10(7)17/h7-10,16-17H,1-6H2,(H,19,20,21). The molecule has 5 atom stereocenters. The van der Waals surface area contributed by atoms with Gasteiger partial charge in [0.05, 0.1) is 12.7 Å². The van der Waals surface area contributed by atoms with Crippen molar-refractivity contribution in [3.63, 3.8) is 0 Å². The number of hydrogen-bond acceptors (Lipinski definition) is 6. The molecule has 3 N–H and O–H groups in total. The molecule has 5 unspecified atom stereocenters. The van der Waals surface area contributed by atoms with Gasteiger partial charge in [-0.15, -0.1) is 0 Å². The molecular weight excluding hydrogens is 336 g/mol. The van der Waals surface area contributed by atoms with E-state index in [1.165, 1.54) is 0 Å². The van der Waals surface area contributed by atoms with Crippen LogP contribution >= 0.6 is 0 Å². The summed E-state index contributed by atoms with van der Waals surface area (Å²) in [6.07, 6.45) is 2.27. The maximum absolute atomic E-state index is 13.1. The molecule has 0 aromatic carbocycles. The average Bonchev–Trinajstić information content (AvgIpc) is 2.97. The maximum atomic E-state index is 13.1. The lowest BCUT2D eigenvalue weighted by Crippen LogP contribution is -2.45. The number of halogens is 2. The van der Waals surface area contributed by atoms with Crippen LogP contribution in [0.4, 0.5) is 8.78 Å². The number of ether oxygens (including phenoxy) is 1. The van der Waals surface area contributed by atoms with Gasteiger partial charge in [0.15, 0.2) is 0 Å². The van der Waals surface area contributed by atoms with Crippen LogP contribution in [0.1, 0.15) is 25.7 Å². The zero-order chi connectivity index (χ0) is 17.0. The van der Waals surface area contributed by atoms with E-state index in [0.717, 1.165) is 25.8 Å². The van der Waals surface area contributed by atoms with E-state index >= 15 is 0 Å². The van der Waals surface area contributed by atoms with E-state index in [9.17, 15) is 27.1 Å². The van der Waals surface area contributed by atoms with Crippen molar-refractivity contribution in [1.29, 1.82) is 0 Å². The van der Waals surface area contributed by atoms with Crippen LogP contribution in [-0.2, 0) is 19.6 Å². The number of carbonyl (C=O) groups is 1. The van der Waals surface area contributed by atoms with E-state index in [1.54, 1.807) is 0 Å². The van der Waals surface area contributed by atoms with Crippen LogP contribution in [0.25, 0.3) is 0 Å². The van der Waals surface area contributed by atoms with E-state index < -0.39 is 21.3 Å². The van der Waals surface area contributed by atoms with Crippen LogP contribution in [0.15, 0.2) is 0 Å². The van der Waals surface area contributed by atoms with E-state index in [2.05, 4.69) is 10.1 Å². The summed E-state index contributed by atoms with van der Waals surface area (Å²) in [5, 5.41) is 8.64. The Labute approximate surface area is 132 Å². The molecule has 1 aliphatic heterocycles. The molecule has 1 spiro atoms. The predicted molar refractivity (Wildman–Crippen MR) is 73.1 cm³/mol. The molecule has 0 aromatic rings. The molecule has 0 aromatic heterocycles. The number of aliphatic hydroxyl groups is 1. The third-order valence-electron chi connectivity index (χ3n) is 5.56. The Morgan fingerprint density at radius 1 is 1.35 bits per heavy atom. The SMILES string of the molecule is O=C(OCCC1CC2CC13CC(CN3)C2O)C(F)(F)S(=O)(=O)O. The van der Waals surface area contributed by atoms with Crippen LogP contribution < -0.4 is 5.32 Å². The summed E-state index contributed by atoms with van der Waals surface area (Å²) in [6.45, 7) is 0.361. The first-order valence-electron chi connectivity index (χ1n) is 7.52. The monoisotopic (exact) mass is 355 g/mol. The summed E-state index contributed by atoms with van der Waals surface area (Å²) in [4.78, 5) is 11.2. The maximum Gasteiger partial charge on any atom is 0.465 e. The third-order valence-corrected chi connectivity index (χ3v) is 6.38. The summed E-state index contributed by atoms with van der Waals surface area (Å²) < 4.78 is 59.8. The summed E-state index contributed by atoms with van der Waals surface area (Å²) >= 11 is 0. The minimum atomic E-state index is -5.84. The fraction of sp³-hybridized carbons (Fsp3) is 0.923. The Morgan fingerprint density at radius 3 is 2.65 bits per heavy atom. The molecule has 0 amide bonds. The number of alkyl halides is 2. The topological polar surface area (TPSA) is 113 Å². The molecule has 3 rings (SSSR count). The second kappa shape index (κ2) is 5.33. The first kappa shape index (κ1) is 17.0. The number of hydrogen-bond donors (Lipinski definition) is 3. The van der Waals surface area contributed by atoms with Crippen molar-refractivity contribution in [2.45, 2.75) is 42.6 Å². The predicted octanol–water partition coefficient (Wildman–Crippen LogP) is 0.149. The van der Waals surface area contributed by atoms with Crippen molar-refractivity contribution in [3.05, 3.63) is 0 Å². The second-order valence-corrected chi connectivity index (χ2v) is 8.27. The fourth-order valence-electron chi connectivity index (χ4n) is 4.49. The van der Waals surface area contributed by atoms with Crippen LogP contribution in [0.2, 0.25) is 0 Å². The van der Waals surface area contributed by atoms with Crippen LogP contribution in [0, 0.1) is 17.8 Å².